The minimum atomic E-state index is -0.963. The molecule has 0 fully saturated rings. The lowest BCUT2D eigenvalue weighted by molar-refractivity contribution is -0.140. The summed E-state index contributed by atoms with van der Waals surface area (Å²) in [6.45, 7) is 0.430. The van der Waals surface area contributed by atoms with Crippen LogP contribution in [0.1, 0.15) is 18.4 Å². The molecule has 4 nitrogen and oxygen atoms in total. The number of carboxylic acid groups (broad SMARTS) is 1. The van der Waals surface area contributed by atoms with Gasteiger partial charge in [0, 0.05) is 25.0 Å². The second-order valence-corrected chi connectivity index (χ2v) is 4.21. The van der Waals surface area contributed by atoms with Crippen LogP contribution in [0.3, 0.4) is 0 Å². The zero-order chi connectivity index (χ0) is 12.8. The summed E-state index contributed by atoms with van der Waals surface area (Å²) < 4.78 is 0. The molecule has 1 amide bonds. The van der Waals surface area contributed by atoms with E-state index in [1.165, 1.54) is 4.90 Å². The van der Waals surface area contributed by atoms with Crippen molar-refractivity contribution in [2.45, 2.75) is 19.4 Å². The van der Waals surface area contributed by atoms with Crippen LogP contribution < -0.4 is 0 Å². The van der Waals surface area contributed by atoms with E-state index >= 15 is 0 Å². The van der Waals surface area contributed by atoms with Crippen molar-refractivity contribution in [1.82, 2.24) is 4.90 Å². The molecule has 1 aromatic rings. The summed E-state index contributed by atoms with van der Waals surface area (Å²) in [6.07, 6.45) is -0.120. The number of nitrogens with zero attached hydrogens (tertiary/aromatic N) is 1. The van der Waals surface area contributed by atoms with E-state index in [-0.39, 0.29) is 18.7 Å². The lowest BCUT2D eigenvalue weighted by atomic mass is 10.2. The van der Waals surface area contributed by atoms with E-state index in [9.17, 15) is 9.59 Å². The molecule has 5 heteroatoms. The first kappa shape index (κ1) is 13.5. The molecule has 0 aliphatic rings. The van der Waals surface area contributed by atoms with Crippen LogP contribution in [0.15, 0.2) is 24.3 Å². The number of rotatable bonds is 5. The molecule has 92 valence electrons. The van der Waals surface area contributed by atoms with Gasteiger partial charge >= 0.3 is 5.97 Å². The number of carbonyl (C=O) groups is 2. The number of carboxylic acids is 1. The summed E-state index contributed by atoms with van der Waals surface area (Å²) >= 11 is 5.83. The van der Waals surface area contributed by atoms with Crippen molar-refractivity contribution in [3.8, 4) is 0 Å². The topological polar surface area (TPSA) is 57.6 Å². The minimum absolute atomic E-state index is 0.0202. The Balaban J connectivity index is 2.51. The van der Waals surface area contributed by atoms with Crippen molar-refractivity contribution in [2.75, 3.05) is 7.05 Å². The molecule has 17 heavy (non-hydrogen) atoms. The van der Waals surface area contributed by atoms with Gasteiger partial charge in [-0.1, -0.05) is 23.7 Å². The molecule has 0 aliphatic heterocycles. The van der Waals surface area contributed by atoms with Crippen LogP contribution >= 0.6 is 11.6 Å². The van der Waals surface area contributed by atoms with Crippen molar-refractivity contribution in [3.05, 3.63) is 34.9 Å². The molecule has 0 radical (unpaired) electrons. The van der Waals surface area contributed by atoms with E-state index in [4.69, 9.17) is 16.7 Å². The van der Waals surface area contributed by atoms with Crippen LogP contribution in [0.25, 0.3) is 0 Å². The molecular formula is C12H14ClNO3. The van der Waals surface area contributed by atoms with Crippen LogP contribution in [0, 0.1) is 0 Å². The molecule has 1 N–H and O–H groups in total. The van der Waals surface area contributed by atoms with Gasteiger partial charge in [0.2, 0.25) is 5.91 Å². The number of amides is 1. The molecule has 0 spiro atoms. The SMILES string of the molecule is CN(Cc1cccc(Cl)c1)C(=O)CCC(=O)O. The third-order valence-electron chi connectivity index (χ3n) is 2.29. The Kier molecular flexibility index (Phi) is 4.97. The standard InChI is InChI=1S/C12H14ClNO3/c1-14(11(15)5-6-12(16)17)8-9-3-2-4-10(13)7-9/h2-4,7H,5-6,8H2,1H3,(H,16,17). The highest BCUT2D eigenvalue weighted by Gasteiger charge is 2.11. The summed E-state index contributed by atoms with van der Waals surface area (Å²) in [6, 6.07) is 7.22. The maximum Gasteiger partial charge on any atom is 0.303 e. The summed E-state index contributed by atoms with van der Waals surface area (Å²) in [5.74, 6) is -1.15. The van der Waals surface area contributed by atoms with Gasteiger partial charge in [0.15, 0.2) is 0 Å². The number of benzene rings is 1. The van der Waals surface area contributed by atoms with Gasteiger partial charge in [-0.15, -0.1) is 0 Å². The molecule has 0 aromatic heterocycles. The number of halogens is 1. The van der Waals surface area contributed by atoms with E-state index in [0.29, 0.717) is 11.6 Å². The lowest BCUT2D eigenvalue weighted by Crippen LogP contribution is -2.26. The van der Waals surface area contributed by atoms with Crippen molar-refractivity contribution in [2.24, 2.45) is 0 Å². The first-order chi connectivity index (χ1) is 7.99. The monoisotopic (exact) mass is 255 g/mol. The average molecular weight is 256 g/mol. The van der Waals surface area contributed by atoms with Gasteiger partial charge in [0.1, 0.15) is 0 Å². The maximum atomic E-state index is 11.6. The third kappa shape index (κ3) is 4.87. The first-order valence-electron chi connectivity index (χ1n) is 5.19. The fraction of sp³-hybridized carbons (Fsp3) is 0.333. The van der Waals surface area contributed by atoms with Crippen LogP contribution in [0.2, 0.25) is 5.02 Å². The van der Waals surface area contributed by atoms with E-state index in [1.807, 2.05) is 12.1 Å². The quantitative estimate of drug-likeness (QED) is 0.877. The molecule has 0 atom stereocenters. The van der Waals surface area contributed by atoms with Gasteiger partial charge in [-0.2, -0.15) is 0 Å². The van der Waals surface area contributed by atoms with Crippen molar-refractivity contribution in [3.63, 3.8) is 0 Å². The van der Waals surface area contributed by atoms with Gasteiger partial charge in [-0.25, -0.2) is 0 Å². The summed E-state index contributed by atoms with van der Waals surface area (Å²) in [7, 11) is 1.64. The number of aliphatic carboxylic acids is 1. The molecule has 0 saturated heterocycles. The molecular weight excluding hydrogens is 242 g/mol. The normalized spacial score (nSPS) is 10.0. The summed E-state index contributed by atoms with van der Waals surface area (Å²) in [5, 5.41) is 9.10. The highest BCUT2D eigenvalue weighted by atomic mass is 35.5. The Morgan fingerprint density at radius 1 is 1.35 bits per heavy atom. The largest absolute Gasteiger partial charge is 0.481 e. The molecule has 1 rings (SSSR count). The van der Waals surface area contributed by atoms with Crippen molar-refractivity contribution >= 4 is 23.5 Å². The average Bonchev–Trinajstić information content (AvgIpc) is 2.25. The molecule has 0 unspecified atom stereocenters. The Morgan fingerprint density at radius 3 is 2.65 bits per heavy atom. The zero-order valence-electron chi connectivity index (χ0n) is 9.52. The van der Waals surface area contributed by atoms with Gasteiger partial charge in [0.25, 0.3) is 0 Å². The predicted octanol–water partition coefficient (Wildman–Crippen LogP) is 2.16. The fourth-order valence-corrected chi connectivity index (χ4v) is 1.61. The molecule has 0 saturated carbocycles. The van der Waals surface area contributed by atoms with Gasteiger partial charge in [-0.3, -0.25) is 9.59 Å². The fourth-order valence-electron chi connectivity index (χ4n) is 1.40. The number of hydrogen-bond acceptors (Lipinski definition) is 2. The van der Waals surface area contributed by atoms with E-state index in [0.717, 1.165) is 5.56 Å². The number of hydrogen-bond donors (Lipinski definition) is 1. The maximum absolute atomic E-state index is 11.6. The van der Waals surface area contributed by atoms with Crippen molar-refractivity contribution < 1.29 is 14.7 Å². The molecule has 0 aliphatic carbocycles. The zero-order valence-corrected chi connectivity index (χ0v) is 10.3. The Morgan fingerprint density at radius 2 is 2.06 bits per heavy atom. The molecule has 1 aromatic carbocycles. The van der Waals surface area contributed by atoms with E-state index < -0.39 is 5.97 Å². The molecule has 0 heterocycles. The Bertz CT molecular complexity index is 420. The van der Waals surface area contributed by atoms with Crippen LogP contribution in [0.4, 0.5) is 0 Å². The first-order valence-corrected chi connectivity index (χ1v) is 5.57. The van der Waals surface area contributed by atoms with Gasteiger partial charge in [0.05, 0.1) is 6.42 Å². The minimum Gasteiger partial charge on any atom is -0.481 e. The smallest absolute Gasteiger partial charge is 0.303 e. The summed E-state index contributed by atoms with van der Waals surface area (Å²) in [5.41, 5.74) is 0.920. The highest BCUT2D eigenvalue weighted by Crippen LogP contribution is 2.12. The van der Waals surface area contributed by atoms with Crippen molar-refractivity contribution in [1.29, 1.82) is 0 Å². The predicted molar refractivity (Wildman–Crippen MR) is 64.8 cm³/mol. The third-order valence-corrected chi connectivity index (χ3v) is 2.52. The van der Waals surface area contributed by atoms with E-state index in [1.54, 1.807) is 19.2 Å². The summed E-state index contributed by atoms with van der Waals surface area (Å²) in [4.78, 5) is 23.4. The highest BCUT2D eigenvalue weighted by molar-refractivity contribution is 6.30. The van der Waals surface area contributed by atoms with E-state index in [2.05, 4.69) is 0 Å². The van der Waals surface area contributed by atoms with Crippen LogP contribution in [-0.2, 0) is 16.1 Å². The Labute approximate surface area is 105 Å². The second kappa shape index (κ2) is 6.25. The van der Waals surface area contributed by atoms with Crippen LogP contribution in [0.5, 0.6) is 0 Å². The van der Waals surface area contributed by atoms with Gasteiger partial charge in [-0.05, 0) is 17.7 Å². The Hall–Kier alpha value is -1.55. The molecule has 0 bridgehead atoms. The van der Waals surface area contributed by atoms with Crippen LogP contribution in [-0.4, -0.2) is 28.9 Å². The number of carbonyl (C=O) groups excluding carboxylic acids is 1. The van der Waals surface area contributed by atoms with Gasteiger partial charge < -0.3 is 10.0 Å². The lowest BCUT2D eigenvalue weighted by Gasteiger charge is -2.16. The second-order valence-electron chi connectivity index (χ2n) is 3.77.